The van der Waals surface area contributed by atoms with Gasteiger partial charge in [0.25, 0.3) is 0 Å². The Morgan fingerprint density at radius 3 is 2.29 bits per heavy atom. The Morgan fingerprint density at radius 1 is 1.04 bits per heavy atom. The van der Waals surface area contributed by atoms with Gasteiger partial charge in [0.05, 0.1) is 5.71 Å². The van der Waals surface area contributed by atoms with Crippen LogP contribution >= 0.6 is 0 Å². The normalized spacial score (nSPS) is 19.1. The lowest BCUT2D eigenvalue weighted by atomic mass is 10.1. The maximum atomic E-state index is 12.3. The van der Waals surface area contributed by atoms with Crippen LogP contribution in [0.2, 0.25) is 0 Å². The van der Waals surface area contributed by atoms with Gasteiger partial charge in [-0.15, -0.1) is 0 Å². The third-order valence-corrected chi connectivity index (χ3v) is 4.51. The predicted octanol–water partition coefficient (Wildman–Crippen LogP) is 3.83. The fraction of sp³-hybridized carbons (Fsp3) is 0.250. The molecular formula is C20H18F3N3O2. The number of rotatable bonds is 5. The fourth-order valence-electron chi connectivity index (χ4n) is 2.84. The molecule has 1 aliphatic carbocycles. The molecule has 0 bridgehead atoms. The van der Waals surface area contributed by atoms with Crippen LogP contribution in [-0.2, 0) is 9.59 Å². The Bertz CT molecular complexity index is 893. The number of hydrazone groups is 1. The summed E-state index contributed by atoms with van der Waals surface area (Å²) in [5, 5.41) is 5.83. The minimum Gasteiger partial charge on any atom is -0.318 e. The quantitative estimate of drug-likeness (QED) is 0.603. The number of carbonyl (C=O) groups is 2. The SMILES string of the molecule is CC(=NNC(=O)[C@H]1C[C@@H]1c1ccccc1)c1ccc(NC(=O)C(F)(F)F)cc1. The van der Waals surface area contributed by atoms with Gasteiger partial charge in [-0.05, 0) is 42.5 Å². The lowest BCUT2D eigenvalue weighted by molar-refractivity contribution is -0.167. The summed E-state index contributed by atoms with van der Waals surface area (Å²) in [6, 6.07) is 15.5. The monoisotopic (exact) mass is 389 g/mol. The molecule has 0 aliphatic heterocycles. The van der Waals surface area contributed by atoms with E-state index in [4.69, 9.17) is 0 Å². The van der Waals surface area contributed by atoms with Crippen molar-refractivity contribution in [2.24, 2.45) is 11.0 Å². The molecular weight excluding hydrogens is 371 g/mol. The molecule has 0 heterocycles. The zero-order valence-electron chi connectivity index (χ0n) is 15.0. The van der Waals surface area contributed by atoms with Crippen molar-refractivity contribution in [3.05, 3.63) is 65.7 Å². The van der Waals surface area contributed by atoms with E-state index in [0.717, 1.165) is 12.0 Å². The van der Waals surface area contributed by atoms with Gasteiger partial charge in [-0.2, -0.15) is 18.3 Å². The fourth-order valence-corrected chi connectivity index (χ4v) is 2.84. The van der Waals surface area contributed by atoms with Crippen molar-refractivity contribution in [3.8, 4) is 0 Å². The smallest absolute Gasteiger partial charge is 0.318 e. The summed E-state index contributed by atoms with van der Waals surface area (Å²) in [6.07, 6.45) is -4.17. The average Bonchev–Trinajstić information content (AvgIpc) is 3.47. The first-order chi connectivity index (χ1) is 13.3. The summed E-state index contributed by atoms with van der Waals surface area (Å²) in [5.74, 6) is -2.11. The third-order valence-electron chi connectivity index (χ3n) is 4.51. The lowest BCUT2D eigenvalue weighted by Gasteiger charge is -2.08. The minimum atomic E-state index is -4.94. The molecule has 1 fully saturated rings. The van der Waals surface area contributed by atoms with Gasteiger partial charge in [-0.3, -0.25) is 9.59 Å². The van der Waals surface area contributed by atoms with Crippen molar-refractivity contribution in [1.29, 1.82) is 0 Å². The molecule has 1 saturated carbocycles. The molecule has 8 heteroatoms. The molecule has 2 aromatic carbocycles. The molecule has 0 radical (unpaired) electrons. The number of hydrogen-bond donors (Lipinski definition) is 2. The Kier molecular flexibility index (Phi) is 5.48. The molecule has 0 aromatic heterocycles. The second kappa shape index (κ2) is 7.84. The molecule has 146 valence electrons. The molecule has 3 rings (SSSR count). The van der Waals surface area contributed by atoms with Crippen LogP contribution in [0.3, 0.4) is 0 Å². The van der Waals surface area contributed by atoms with Gasteiger partial charge in [0.2, 0.25) is 5.91 Å². The highest BCUT2D eigenvalue weighted by molar-refractivity contribution is 6.00. The maximum absolute atomic E-state index is 12.3. The van der Waals surface area contributed by atoms with Crippen LogP contribution in [0.5, 0.6) is 0 Å². The zero-order valence-corrected chi connectivity index (χ0v) is 15.0. The van der Waals surface area contributed by atoms with Crippen LogP contribution in [0.1, 0.15) is 30.4 Å². The van der Waals surface area contributed by atoms with E-state index in [0.29, 0.717) is 11.3 Å². The first-order valence-corrected chi connectivity index (χ1v) is 8.63. The molecule has 2 aromatic rings. The molecule has 0 spiro atoms. The highest BCUT2D eigenvalue weighted by atomic mass is 19.4. The number of nitrogens with zero attached hydrogens (tertiary/aromatic N) is 1. The van der Waals surface area contributed by atoms with Crippen LogP contribution in [0.25, 0.3) is 0 Å². The molecule has 5 nitrogen and oxygen atoms in total. The van der Waals surface area contributed by atoms with Gasteiger partial charge in [-0.1, -0.05) is 42.5 Å². The van der Waals surface area contributed by atoms with Crippen molar-refractivity contribution in [1.82, 2.24) is 5.43 Å². The van der Waals surface area contributed by atoms with Crippen molar-refractivity contribution < 1.29 is 22.8 Å². The number of nitrogens with one attached hydrogen (secondary N) is 2. The summed E-state index contributed by atoms with van der Waals surface area (Å²) in [6.45, 7) is 1.67. The molecule has 2 atom stereocenters. The van der Waals surface area contributed by atoms with E-state index in [1.165, 1.54) is 24.3 Å². The van der Waals surface area contributed by atoms with Crippen molar-refractivity contribution in [2.45, 2.75) is 25.4 Å². The van der Waals surface area contributed by atoms with Gasteiger partial charge < -0.3 is 5.32 Å². The molecule has 28 heavy (non-hydrogen) atoms. The summed E-state index contributed by atoms with van der Waals surface area (Å²) < 4.78 is 36.8. The maximum Gasteiger partial charge on any atom is 0.471 e. The first-order valence-electron chi connectivity index (χ1n) is 8.63. The number of anilines is 1. The van der Waals surface area contributed by atoms with E-state index >= 15 is 0 Å². The zero-order chi connectivity index (χ0) is 20.3. The molecule has 2 amide bonds. The Balaban J connectivity index is 1.55. The summed E-state index contributed by atoms with van der Waals surface area (Å²) in [5.41, 5.74) is 4.80. The molecule has 0 unspecified atom stereocenters. The molecule has 0 saturated heterocycles. The van der Waals surface area contributed by atoms with E-state index in [2.05, 4.69) is 10.5 Å². The van der Waals surface area contributed by atoms with Crippen molar-refractivity contribution >= 4 is 23.2 Å². The Morgan fingerprint density at radius 2 is 1.68 bits per heavy atom. The van der Waals surface area contributed by atoms with Gasteiger partial charge in [0.15, 0.2) is 0 Å². The lowest BCUT2D eigenvalue weighted by Crippen LogP contribution is -2.29. The van der Waals surface area contributed by atoms with E-state index in [1.54, 1.807) is 12.2 Å². The number of carbonyl (C=O) groups excluding carboxylic acids is 2. The van der Waals surface area contributed by atoms with E-state index < -0.39 is 12.1 Å². The standard InChI is InChI=1S/C20H18F3N3O2/c1-12(13-7-9-15(10-8-13)24-19(28)20(21,22)23)25-26-18(27)17-11-16(17)14-5-3-2-4-6-14/h2-10,16-17H,11H2,1H3,(H,24,28)(H,26,27)/t16-,17+/m1/s1. The van der Waals surface area contributed by atoms with Gasteiger partial charge in [0.1, 0.15) is 0 Å². The van der Waals surface area contributed by atoms with Crippen LogP contribution in [-0.4, -0.2) is 23.7 Å². The number of benzene rings is 2. The topological polar surface area (TPSA) is 70.6 Å². The van der Waals surface area contributed by atoms with Crippen molar-refractivity contribution in [3.63, 3.8) is 0 Å². The second-order valence-corrected chi connectivity index (χ2v) is 6.56. The van der Waals surface area contributed by atoms with Crippen molar-refractivity contribution in [2.75, 3.05) is 5.32 Å². The van der Waals surface area contributed by atoms with E-state index in [-0.39, 0.29) is 23.4 Å². The minimum absolute atomic E-state index is 0.0200. The summed E-state index contributed by atoms with van der Waals surface area (Å²) >= 11 is 0. The van der Waals surface area contributed by atoms with Crippen LogP contribution in [0.15, 0.2) is 59.7 Å². The van der Waals surface area contributed by atoms with Gasteiger partial charge in [0, 0.05) is 11.6 Å². The first kappa shape index (κ1) is 19.6. The summed E-state index contributed by atoms with van der Waals surface area (Å²) in [4.78, 5) is 23.1. The number of amides is 2. The summed E-state index contributed by atoms with van der Waals surface area (Å²) in [7, 11) is 0. The van der Waals surface area contributed by atoms with E-state index in [9.17, 15) is 22.8 Å². The Labute approximate surface area is 159 Å². The van der Waals surface area contributed by atoms with Crippen LogP contribution < -0.4 is 10.7 Å². The highest BCUT2D eigenvalue weighted by Gasteiger charge is 2.43. The average molecular weight is 389 g/mol. The van der Waals surface area contributed by atoms with E-state index in [1.807, 2.05) is 30.3 Å². The second-order valence-electron chi connectivity index (χ2n) is 6.56. The number of hydrogen-bond acceptors (Lipinski definition) is 3. The predicted molar refractivity (Wildman–Crippen MR) is 98.8 cm³/mol. The highest BCUT2D eigenvalue weighted by Crippen LogP contribution is 2.47. The van der Waals surface area contributed by atoms with Crippen LogP contribution in [0.4, 0.5) is 18.9 Å². The number of halogens is 3. The van der Waals surface area contributed by atoms with Crippen LogP contribution in [0, 0.1) is 5.92 Å². The largest absolute Gasteiger partial charge is 0.471 e. The Hall–Kier alpha value is -3.16. The number of alkyl halides is 3. The molecule has 1 aliphatic rings. The third kappa shape index (κ3) is 4.76. The van der Waals surface area contributed by atoms with Gasteiger partial charge in [-0.25, -0.2) is 5.43 Å². The van der Waals surface area contributed by atoms with Gasteiger partial charge >= 0.3 is 12.1 Å². The molecule has 2 N–H and O–H groups in total.